The second kappa shape index (κ2) is 8.42. The molecule has 0 bridgehead atoms. The van der Waals surface area contributed by atoms with Crippen LogP contribution in [0.25, 0.3) is 11.5 Å². The topological polar surface area (TPSA) is 56.0 Å². The number of benzene rings is 2. The van der Waals surface area contributed by atoms with Gasteiger partial charge in [-0.05, 0) is 18.2 Å². The van der Waals surface area contributed by atoms with Crippen LogP contribution >= 0.6 is 27.7 Å². The number of aromatic nitrogens is 2. The molecule has 1 heterocycles. The van der Waals surface area contributed by atoms with Gasteiger partial charge in [0, 0.05) is 15.6 Å². The molecule has 0 fully saturated rings. The van der Waals surface area contributed by atoms with E-state index in [-0.39, 0.29) is 28.5 Å². The number of carbonyl (C=O) groups is 1. The summed E-state index contributed by atoms with van der Waals surface area (Å²) in [6, 6.07) is 16.8. The summed E-state index contributed by atoms with van der Waals surface area (Å²) in [6.45, 7) is 0. The first-order valence-corrected chi connectivity index (χ1v) is 8.31. The van der Waals surface area contributed by atoms with Crippen molar-refractivity contribution < 1.29 is 26.2 Å². The van der Waals surface area contributed by atoms with Gasteiger partial charge in [0.2, 0.25) is 5.89 Å². The van der Waals surface area contributed by atoms with Crippen molar-refractivity contribution in [3.63, 3.8) is 0 Å². The molecule has 0 N–H and O–H groups in total. The first kappa shape index (κ1) is 17.9. The van der Waals surface area contributed by atoms with Crippen molar-refractivity contribution in [3.05, 3.63) is 64.6 Å². The Hall–Kier alpha value is -1.44. The Morgan fingerprint density at radius 1 is 1.09 bits per heavy atom. The van der Waals surface area contributed by atoms with Gasteiger partial charge in [-0.25, -0.2) is 0 Å². The third-order valence-electron chi connectivity index (χ3n) is 2.90. The van der Waals surface area contributed by atoms with Gasteiger partial charge in [-0.2, -0.15) is 0 Å². The van der Waals surface area contributed by atoms with Gasteiger partial charge in [-0.15, -0.1) is 10.2 Å². The summed E-state index contributed by atoms with van der Waals surface area (Å²) >= 11 is 4.64. The predicted octanol–water partition coefficient (Wildman–Crippen LogP) is 1.48. The fraction of sp³-hybridized carbons (Fsp3) is 0.0625. The molecule has 23 heavy (non-hydrogen) atoms. The monoisotopic (exact) mass is 453 g/mol. The maximum atomic E-state index is 12.0. The van der Waals surface area contributed by atoms with Crippen molar-refractivity contribution in [1.29, 1.82) is 0 Å². The second-order valence-electron chi connectivity index (χ2n) is 4.46. The molecule has 0 radical (unpaired) electrons. The number of thioether (sulfide) groups is 1. The van der Waals surface area contributed by atoms with Gasteiger partial charge in [-0.3, -0.25) is 4.79 Å². The molecule has 0 atom stereocenters. The van der Waals surface area contributed by atoms with Crippen LogP contribution in [-0.4, -0.2) is 21.7 Å². The van der Waals surface area contributed by atoms with Crippen LogP contribution in [0.15, 0.2) is 68.7 Å². The fourth-order valence-electron chi connectivity index (χ4n) is 1.84. The standard InChI is InChI=1S/C16H11BrN2O2S.BrH/c17-13-8-4-7-12(9-13)15-18-19-16(21-15)22-10-14(20)11-5-2-1-3-6-11;/h1-9H,10H2;1H/p-1. The van der Waals surface area contributed by atoms with E-state index < -0.39 is 0 Å². The van der Waals surface area contributed by atoms with Gasteiger partial charge in [0.1, 0.15) is 0 Å². The van der Waals surface area contributed by atoms with Gasteiger partial charge in [0.25, 0.3) is 5.22 Å². The zero-order valence-corrected chi connectivity index (χ0v) is 15.8. The van der Waals surface area contributed by atoms with Crippen LogP contribution in [-0.2, 0) is 0 Å². The van der Waals surface area contributed by atoms with Crippen LogP contribution < -0.4 is 17.0 Å². The van der Waals surface area contributed by atoms with Gasteiger partial charge in [0.05, 0.1) is 5.75 Å². The summed E-state index contributed by atoms with van der Waals surface area (Å²) in [6.07, 6.45) is 0. The minimum atomic E-state index is 0. The number of rotatable bonds is 5. The van der Waals surface area contributed by atoms with Crippen LogP contribution in [0, 0.1) is 0 Å². The highest BCUT2D eigenvalue weighted by atomic mass is 79.9. The Balaban J connectivity index is 0.00000192. The Morgan fingerprint density at radius 2 is 1.87 bits per heavy atom. The first-order valence-electron chi connectivity index (χ1n) is 6.53. The lowest BCUT2D eigenvalue weighted by Crippen LogP contribution is -3.00. The van der Waals surface area contributed by atoms with E-state index in [1.807, 2.05) is 42.5 Å². The molecule has 0 saturated carbocycles. The highest BCUT2D eigenvalue weighted by Crippen LogP contribution is 2.25. The van der Waals surface area contributed by atoms with E-state index in [0.29, 0.717) is 16.7 Å². The summed E-state index contributed by atoms with van der Waals surface area (Å²) < 4.78 is 6.52. The van der Waals surface area contributed by atoms with E-state index in [0.717, 1.165) is 10.0 Å². The second-order valence-corrected chi connectivity index (χ2v) is 6.30. The predicted molar refractivity (Wildman–Crippen MR) is 88.9 cm³/mol. The lowest BCUT2D eigenvalue weighted by atomic mass is 10.2. The van der Waals surface area contributed by atoms with E-state index in [2.05, 4.69) is 26.1 Å². The number of nitrogens with zero attached hydrogens (tertiary/aromatic N) is 2. The number of hydrogen-bond donors (Lipinski definition) is 0. The molecule has 2 aromatic carbocycles. The normalized spacial score (nSPS) is 10.1. The average Bonchev–Trinajstić information content (AvgIpc) is 3.02. The molecular weight excluding hydrogens is 444 g/mol. The van der Waals surface area contributed by atoms with Gasteiger partial charge in [0.15, 0.2) is 5.78 Å². The minimum Gasteiger partial charge on any atom is -1.00 e. The average molecular weight is 455 g/mol. The quantitative estimate of drug-likeness (QED) is 0.431. The molecule has 7 heteroatoms. The molecule has 0 unspecified atom stereocenters. The van der Waals surface area contributed by atoms with Crippen LogP contribution in [0.4, 0.5) is 0 Å². The summed E-state index contributed by atoms with van der Waals surface area (Å²) in [7, 11) is 0. The zero-order chi connectivity index (χ0) is 15.4. The third kappa shape index (κ3) is 4.76. The molecule has 1 aromatic heterocycles. The van der Waals surface area contributed by atoms with Crippen molar-refractivity contribution in [2.75, 3.05) is 5.75 Å². The van der Waals surface area contributed by atoms with Crippen molar-refractivity contribution in [2.24, 2.45) is 0 Å². The summed E-state index contributed by atoms with van der Waals surface area (Å²) in [5.41, 5.74) is 1.52. The van der Waals surface area contributed by atoms with E-state index in [1.54, 1.807) is 12.1 Å². The van der Waals surface area contributed by atoms with Crippen LogP contribution in [0.1, 0.15) is 10.4 Å². The third-order valence-corrected chi connectivity index (χ3v) is 4.21. The lowest BCUT2D eigenvalue weighted by Gasteiger charge is -1.98. The Labute approximate surface area is 156 Å². The van der Waals surface area contributed by atoms with Gasteiger partial charge >= 0.3 is 0 Å². The van der Waals surface area contributed by atoms with Crippen LogP contribution in [0.5, 0.6) is 0 Å². The van der Waals surface area contributed by atoms with Gasteiger partial charge < -0.3 is 21.4 Å². The molecule has 0 aliphatic carbocycles. The molecule has 4 nitrogen and oxygen atoms in total. The zero-order valence-electron chi connectivity index (χ0n) is 11.8. The molecule has 0 amide bonds. The Kier molecular flexibility index (Phi) is 6.56. The molecule has 3 rings (SSSR count). The van der Waals surface area contributed by atoms with E-state index in [1.165, 1.54) is 11.8 Å². The fourth-order valence-corrected chi connectivity index (χ4v) is 2.90. The van der Waals surface area contributed by atoms with Crippen molar-refractivity contribution in [1.82, 2.24) is 10.2 Å². The number of halogens is 2. The number of Topliss-reactive ketones (excluding diaryl/α,β-unsaturated/α-hetero) is 1. The maximum Gasteiger partial charge on any atom is 0.277 e. The van der Waals surface area contributed by atoms with Crippen molar-refractivity contribution in [3.8, 4) is 11.5 Å². The van der Waals surface area contributed by atoms with Crippen molar-refractivity contribution in [2.45, 2.75) is 5.22 Å². The van der Waals surface area contributed by atoms with E-state index >= 15 is 0 Å². The number of hydrogen-bond acceptors (Lipinski definition) is 5. The molecular formula is C16H11Br2N2O2S-. The molecule has 3 aromatic rings. The van der Waals surface area contributed by atoms with Crippen molar-refractivity contribution >= 4 is 33.5 Å². The molecule has 0 saturated heterocycles. The number of ketones is 1. The summed E-state index contributed by atoms with van der Waals surface area (Å²) in [5, 5.41) is 8.36. The molecule has 118 valence electrons. The molecule has 0 spiro atoms. The maximum absolute atomic E-state index is 12.0. The highest BCUT2D eigenvalue weighted by Gasteiger charge is 2.12. The SMILES string of the molecule is O=C(CSc1nnc(-c2cccc(Br)c2)o1)c1ccccc1.[Br-]. The first-order chi connectivity index (χ1) is 10.7. The Bertz CT molecular complexity index is 794. The number of carbonyl (C=O) groups excluding carboxylic acids is 1. The minimum absolute atomic E-state index is 0. The molecule has 0 aliphatic rings. The highest BCUT2D eigenvalue weighted by molar-refractivity contribution is 9.10. The van der Waals surface area contributed by atoms with Crippen LogP contribution in [0.3, 0.4) is 0 Å². The Morgan fingerprint density at radius 3 is 2.61 bits per heavy atom. The molecule has 0 aliphatic heterocycles. The largest absolute Gasteiger partial charge is 1.00 e. The van der Waals surface area contributed by atoms with E-state index in [9.17, 15) is 4.79 Å². The lowest BCUT2D eigenvalue weighted by molar-refractivity contribution is -0.0000125. The summed E-state index contributed by atoms with van der Waals surface area (Å²) in [4.78, 5) is 12.0. The van der Waals surface area contributed by atoms with E-state index in [4.69, 9.17) is 4.42 Å². The van der Waals surface area contributed by atoms with Crippen LogP contribution in [0.2, 0.25) is 0 Å². The smallest absolute Gasteiger partial charge is 0.277 e. The van der Waals surface area contributed by atoms with Gasteiger partial charge in [-0.1, -0.05) is 64.1 Å². The summed E-state index contributed by atoms with van der Waals surface area (Å²) in [5.74, 6) is 0.744.